The maximum atomic E-state index is 4.86. The van der Waals surface area contributed by atoms with Crippen LogP contribution in [0.15, 0.2) is 25.7 Å². The molecule has 0 saturated heterocycles. The predicted molar refractivity (Wildman–Crippen MR) is 50.0 cm³/mol. The molecular weight excluding hydrogens is 168 g/mol. The van der Waals surface area contributed by atoms with Gasteiger partial charge in [0.25, 0.3) is 0 Å². The summed E-state index contributed by atoms with van der Waals surface area (Å²) in [5, 5.41) is 4.82. The lowest BCUT2D eigenvalue weighted by atomic mass is 11.1. The molecule has 3 nitrogen and oxygen atoms in total. The molecule has 58 valence electrons. The Morgan fingerprint density at radius 1 is 1.50 bits per heavy atom. The summed E-state index contributed by atoms with van der Waals surface area (Å²) in [6.07, 6.45) is 2.62. The average molecular weight is 178 g/mol. The quantitative estimate of drug-likeness (QED) is 0.377. The second-order valence-corrected chi connectivity index (χ2v) is 2.28. The van der Waals surface area contributed by atoms with Gasteiger partial charge in [0.05, 0.1) is 12.5 Å². The zero-order valence-electron chi connectivity index (χ0n) is 5.45. The minimum absolute atomic E-state index is 0.282. The van der Waals surface area contributed by atoms with Crippen molar-refractivity contribution < 1.29 is 4.74 Å². The molecule has 0 aliphatic rings. The summed E-state index contributed by atoms with van der Waals surface area (Å²) in [5.41, 5.74) is 4.86. The van der Waals surface area contributed by atoms with Crippen LogP contribution in [-0.4, -0.2) is 4.32 Å². The summed E-state index contributed by atoms with van der Waals surface area (Å²) < 4.78 is 4.64. The van der Waals surface area contributed by atoms with Gasteiger partial charge >= 0.3 is 0 Å². The molecule has 5 heteroatoms. The fourth-order valence-electron chi connectivity index (χ4n) is 0.0680. The Morgan fingerprint density at radius 3 is 1.80 bits per heavy atom. The summed E-state index contributed by atoms with van der Waals surface area (Å²) in [6.45, 7) is 6.51. The molecule has 0 aliphatic heterocycles. The van der Waals surface area contributed by atoms with E-state index >= 15 is 0 Å². The number of hydrogen-bond donors (Lipinski definition) is 2. The first-order valence-corrected chi connectivity index (χ1v) is 3.51. The summed E-state index contributed by atoms with van der Waals surface area (Å²) in [7, 11) is 0. The zero-order chi connectivity index (χ0) is 8.41. The van der Waals surface area contributed by atoms with E-state index in [0.29, 0.717) is 0 Å². The van der Waals surface area contributed by atoms with Crippen LogP contribution in [0.3, 0.4) is 0 Å². The topological polar surface area (TPSA) is 61.3 Å². The molecule has 0 aliphatic carbocycles. The molecule has 0 aromatic carbocycles. The highest BCUT2D eigenvalue weighted by Gasteiger charge is 1.72. The average Bonchev–Trinajstić information content (AvgIpc) is 1.91. The Balaban J connectivity index is 0. The van der Waals surface area contributed by atoms with Crippen LogP contribution in [0.25, 0.3) is 0 Å². The van der Waals surface area contributed by atoms with E-state index in [-0.39, 0.29) is 4.32 Å². The largest absolute Gasteiger partial charge is 0.474 e. The third-order valence-corrected chi connectivity index (χ3v) is 0.830. The monoisotopic (exact) mass is 178 g/mol. The van der Waals surface area contributed by atoms with Gasteiger partial charge in [-0.2, -0.15) is 0 Å². The van der Waals surface area contributed by atoms with Gasteiger partial charge in [0, 0.05) is 0 Å². The van der Waals surface area contributed by atoms with Crippen molar-refractivity contribution >= 4 is 28.5 Å². The maximum Gasteiger partial charge on any atom is 0.146 e. The molecule has 0 saturated carbocycles. The summed E-state index contributed by atoms with van der Waals surface area (Å²) in [6, 6.07) is 0. The summed E-state index contributed by atoms with van der Waals surface area (Å²) in [5.74, 6) is 0. The fraction of sp³-hybridized carbons (Fsp3) is 0. The van der Waals surface area contributed by atoms with E-state index < -0.39 is 0 Å². The second kappa shape index (κ2) is 11.3. The molecule has 0 unspecified atom stereocenters. The van der Waals surface area contributed by atoms with Gasteiger partial charge < -0.3 is 10.5 Å². The van der Waals surface area contributed by atoms with Crippen molar-refractivity contribution in [1.82, 2.24) is 0 Å². The fourth-order valence-corrected chi connectivity index (χ4v) is 0.0680. The van der Waals surface area contributed by atoms with Crippen LogP contribution in [0.2, 0.25) is 0 Å². The standard InChI is InChI=1S/C4H6O.CH4N2S2/c1-3-5-4-2;2-1(4)5-3/h3-4H,1-2H2;3H2,(H2,2,4). The number of ether oxygens (including phenoxy) is 1. The molecule has 0 fully saturated rings. The van der Waals surface area contributed by atoms with E-state index in [4.69, 9.17) is 10.9 Å². The Kier molecular flexibility index (Phi) is 13.8. The first-order valence-electron chi connectivity index (χ1n) is 2.22. The second-order valence-electron chi connectivity index (χ2n) is 0.906. The van der Waals surface area contributed by atoms with Gasteiger partial charge in [-0.1, -0.05) is 25.4 Å². The molecule has 4 N–H and O–H groups in total. The lowest BCUT2D eigenvalue weighted by Gasteiger charge is -1.78. The lowest BCUT2D eigenvalue weighted by Crippen LogP contribution is -2.04. The van der Waals surface area contributed by atoms with Crippen molar-refractivity contribution in [1.29, 1.82) is 0 Å². The zero-order valence-corrected chi connectivity index (χ0v) is 7.08. The van der Waals surface area contributed by atoms with Crippen LogP contribution in [0, 0.1) is 0 Å². The first kappa shape index (κ1) is 12.2. The molecule has 0 atom stereocenters. The number of hydrogen-bond acceptors (Lipinski definition) is 4. The first-order chi connectivity index (χ1) is 4.68. The van der Waals surface area contributed by atoms with Gasteiger partial charge in [-0.3, -0.25) is 5.14 Å². The van der Waals surface area contributed by atoms with Crippen LogP contribution in [0.5, 0.6) is 0 Å². The van der Waals surface area contributed by atoms with Crippen LogP contribution < -0.4 is 10.9 Å². The van der Waals surface area contributed by atoms with Gasteiger partial charge in [0.1, 0.15) is 4.32 Å². The highest BCUT2D eigenvalue weighted by Crippen LogP contribution is 1.79. The van der Waals surface area contributed by atoms with Crippen LogP contribution in [0.4, 0.5) is 0 Å². The molecule has 0 aromatic rings. The highest BCUT2D eigenvalue weighted by atomic mass is 32.2. The molecule has 0 amide bonds. The van der Waals surface area contributed by atoms with Crippen molar-refractivity contribution in [2.75, 3.05) is 0 Å². The van der Waals surface area contributed by atoms with Crippen molar-refractivity contribution in [2.45, 2.75) is 0 Å². The molecule has 0 radical (unpaired) electrons. The Bertz CT molecular complexity index is 110. The molecular formula is C5H10N2OS2. The van der Waals surface area contributed by atoms with Crippen LogP contribution in [0.1, 0.15) is 0 Å². The molecule has 0 rings (SSSR count). The molecule has 0 spiro atoms. The lowest BCUT2D eigenvalue weighted by molar-refractivity contribution is 0.406. The normalized spacial score (nSPS) is 6.50. The van der Waals surface area contributed by atoms with Crippen molar-refractivity contribution in [3.63, 3.8) is 0 Å². The van der Waals surface area contributed by atoms with Gasteiger partial charge in [0.15, 0.2) is 0 Å². The molecule has 10 heavy (non-hydrogen) atoms. The number of rotatable bonds is 2. The highest BCUT2D eigenvalue weighted by molar-refractivity contribution is 8.21. The van der Waals surface area contributed by atoms with Gasteiger partial charge in [0.2, 0.25) is 0 Å². The van der Waals surface area contributed by atoms with E-state index in [9.17, 15) is 0 Å². The van der Waals surface area contributed by atoms with Crippen molar-refractivity contribution in [2.24, 2.45) is 10.9 Å². The predicted octanol–water partition coefficient (Wildman–Crippen LogP) is 1.13. The van der Waals surface area contributed by atoms with E-state index in [0.717, 1.165) is 11.9 Å². The third-order valence-electron chi connectivity index (χ3n) is 0.309. The number of nitrogens with two attached hydrogens (primary N) is 2. The SMILES string of the molecule is C=COC=C.NSC(N)=S. The molecule has 0 aromatic heterocycles. The van der Waals surface area contributed by atoms with Crippen LogP contribution in [-0.2, 0) is 4.74 Å². The van der Waals surface area contributed by atoms with Crippen molar-refractivity contribution in [3.05, 3.63) is 25.7 Å². The molecule has 0 bridgehead atoms. The summed E-state index contributed by atoms with van der Waals surface area (Å²) >= 11 is 5.20. The smallest absolute Gasteiger partial charge is 0.146 e. The van der Waals surface area contributed by atoms with E-state index in [1.807, 2.05) is 0 Å². The van der Waals surface area contributed by atoms with Gasteiger partial charge in [-0.05, 0) is 11.9 Å². The van der Waals surface area contributed by atoms with E-state index in [1.54, 1.807) is 0 Å². The molecule has 0 heterocycles. The van der Waals surface area contributed by atoms with E-state index in [2.05, 4.69) is 30.1 Å². The minimum atomic E-state index is 0.282. The Morgan fingerprint density at radius 2 is 1.80 bits per heavy atom. The minimum Gasteiger partial charge on any atom is -0.474 e. The Labute approximate surface area is 70.2 Å². The number of thiocarbonyl (C=S) groups is 1. The van der Waals surface area contributed by atoms with Crippen LogP contribution >= 0.6 is 24.2 Å². The van der Waals surface area contributed by atoms with Gasteiger partial charge in [-0.15, -0.1) is 0 Å². The van der Waals surface area contributed by atoms with E-state index in [1.165, 1.54) is 12.5 Å². The maximum absolute atomic E-state index is 4.86. The van der Waals surface area contributed by atoms with Crippen molar-refractivity contribution in [3.8, 4) is 0 Å². The third kappa shape index (κ3) is 25.9. The Hall–Kier alpha value is -0.520. The summed E-state index contributed by atoms with van der Waals surface area (Å²) in [4.78, 5) is 0. The van der Waals surface area contributed by atoms with Gasteiger partial charge in [-0.25, -0.2) is 0 Å².